The molecule has 0 saturated carbocycles. The number of hydrogen-bond acceptors (Lipinski definition) is 5. The van der Waals surface area contributed by atoms with Gasteiger partial charge in [-0.3, -0.25) is 4.79 Å². The number of thioether (sulfide) groups is 1. The summed E-state index contributed by atoms with van der Waals surface area (Å²) in [6, 6.07) is 18.4. The fourth-order valence-corrected chi connectivity index (χ4v) is 4.77. The summed E-state index contributed by atoms with van der Waals surface area (Å²) in [5.74, 6) is -1.73. The summed E-state index contributed by atoms with van der Waals surface area (Å²) >= 11 is 1.11. The second kappa shape index (κ2) is 9.84. The maximum atomic E-state index is 13.5. The molecule has 1 aliphatic rings. The molecule has 0 bridgehead atoms. The molecule has 3 aromatic rings. The Kier molecular flexibility index (Phi) is 6.71. The predicted octanol–water partition coefficient (Wildman–Crippen LogP) is 4.59. The first kappa shape index (κ1) is 22.5. The lowest BCUT2D eigenvalue weighted by atomic mass is 9.99. The van der Waals surface area contributed by atoms with Crippen molar-refractivity contribution in [2.75, 3.05) is 12.3 Å². The van der Waals surface area contributed by atoms with Gasteiger partial charge in [0.05, 0.1) is 17.0 Å². The highest BCUT2D eigenvalue weighted by atomic mass is 32.2. The number of likely N-dealkylation sites (tertiary alicyclic amines) is 1. The van der Waals surface area contributed by atoms with Crippen molar-refractivity contribution in [1.82, 2.24) is 9.88 Å². The fourth-order valence-electron chi connectivity index (χ4n) is 3.88. The molecule has 33 heavy (non-hydrogen) atoms. The minimum absolute atomic E-state index is 0.0352. The molecule has 166 valence electrons. The van der Waals surface area contributed by atoms with Gasteiger partial charge in [-0.05, 0) is 36.6 Å². The first-order valence-electron chi connectivity index (χ1n) is 10.4. The molecule has 1 N–H and O–H groups in total. The number of pyridine rings is 1. The van der Waals surface area contributed by atoms with E-state index in [0.29, 0.717) is 41.2 Å². The number of carbonyl (C=O) groups excluding carboxylic acids is 1. The van der Waals surface area contributed by atoms with Gasteiger partial charge in [0.2, 0.25) is 5.91 Å². The monoisotopic (exact) mass is 461 g/mol. The van der Waals surface area contributed by atoms with Crippen LogP contribution < -0.4 is 0 Å². The van der Waals surface area contributed by atoms with Crippen LogP contribution in [0.1, 0.15) is 18.4 Å². The van der Waals surface area contributed by atoms with E-state index in [1.54, 1.807) is 18.2 Å². The van der Waals surface area contributed by atoms with Gasteiger partial charge in [0.25, 0.3) is 0 Å². The van der Waals surface area contributed by atoms with Crippen molar-refractivity contribution in [2.45, 2.75) is 23.9 Å². The van der Waals surface area contributed by atoms with Gasteiger partial charge in [0.1, 0.15) is 23.0 Å². The third-order valence-electron chi connectivity index (χ3n) is 5.51. The van der Waals surface area contributed by atoms with Crippen LogP contribution in [0.2, 0.25) is 0 Å². The number of carboxylic acid groups (broad SMARTS) is 1. The lowest BCUT2D eigenvalue weighted by Crippen LogP contribution is -2.41. The predicted molar refractivity (Wildman–Crippen MR) is 123 cm³/mol. The summed E-state index contributed by atoms with van der Waals surface area (Å²) in [5.41, 5.74) is 2.99. The average Bonchev–Trinajstić information content (AvgIpc) is 3.33. The Morgan fingerprint density at radius 1 is 1.15 bits per heavy atom. The maximum Gasteiger partial charge on any atom is 0.326 e. The molecule has 0 unspecified atom stereocenters. The van der Waals surface area contributed by atoms with E-state index in [1.807, 2.05) is 30.3 Å². The molecule has 1 fully saturated rings. The molecular formula is C25H20FN3O3S. The van der Waals surface area contributed by atoms with Crippen LogP contribution in [0.4, 0.5) is 4.39 Å². The number of nitrogens with zero attached hydrogens (tertiary/aromatic N) is 3. The SMILES string of the molecule is N#Cc1c(-c2ccc(F)cc2)cc(-c2ccccc2)nc1SCC(=O)N1CCC[C@@H]1C(=O)O. The molecule has 8 heteroatoms. The summed E-state index contributed by atoms with van der Waals surface area (Å²) in [7, 11) is 0. The van der Waals surface area contributed by atoms with Crippen LogP contribution in [0.15, 0.2) is 65.7 Å². The van der Waals surface area contributed by atoms with Crippen LogP contribution in [-0.2, 0) is 9.59 Å². The molecule has 1 saturated heterocycles. The van der Waals surface area contributed by atoms with Gasteiger partial charge in [-0.1, -0.05) is 54.2 Å². The number of aliphatic carboxylic acids is 1. The molecule has 1 aliphatic heterocycles. The first-order valence-corrected chi connectivity index (χ1v) is 11.4. The second-order valence-electron chi connectivity index (χ2n) is 7.59. The molecule has 2 heterocycles. The number of halogens is 1. The quantitative estimate of drug-likeness (QED) is 0.540. The van der Waals surface area contributed by atoms with E-state index in [9.17, 15) is 24.3 Å². The average molecular weight is 462 g/mol. The van der Waals surface area contributed by atoms with Crippen LogP contribution in [0, 0.1) is 17.1 Å². The topological polar surface area (TPSA) is 94.3 Å². The highest BCUT2D eigenvalue weighted by Crippen LogP contribution is 2.34. The van der Waals surface area contributed by atoms with Gasteiger partial charge in [-0.25, -0.2) is 14.2 Å². The normalized spacial score (nSPS) is 15.3. The largest absolute Gasteiger partial charge is 0.480 e. The van der Waals surface area contributed by atoms with Gasteiger partial charge in [0.15, 0.2) is 0 Å². The first-order chi connectivity index (χ1) is 16.0. The smallest absolute Gasteiger partial charge is 0.326 e. The standard InChI is InChI=1S/C25H20FN3O3S/c26-18-10-8-16(9-11-18)19-13-21(17-5-2-1-3-6-17)28-24(20(19)14-27)33-15-23(30)29-12-4-7-22(29)25(31)32/h1-3,5-6,8-11,13,22H,4,7,12,15H2,(H,31,32)/t22-/m1/s1. The molecular weight excluding hydrogens is 441 g/mol. The van der Waals surface area contributed by atoms with E-state index >= 15 is 0 Å². The van der Waals surface area contributed by atoms with Crippen LogP contribution in [-0.4, -0.2) is 45.2 Å². The Hall–Kier alpha value is -3.70. The molecule has 4 rings (SSSR count). The van der Waals surface area contributed by atoms with E-state index in [2.05, 4.69) is 11.1 Å². The van der Waals surface area contributed by atoms with Gasteiger partial charge >= 0.3 is 5.97 Å². The molecule has 1 aromatic heterocycles. The molecule has 2 aromatic carbocycles. The van der Waals surface area contributed by atoms with Crippen molar-refractivity contribution in [1.29, 1.82) is 5.26 Å². The van der Waals surface area contributed by atoms with Crippen LogP contribution in [0.3, 0.4) is 0 Å². The van der Waals surface area contributed by atoms with E-state index in [0.717, 1.165) is 17.3 Å². The number of nitriles is 1. The highest BCUT2D eigenvalue weighted by molar-refractivity contribution is 8.00. The number of carboxylic acids is 1. The minimum Gasteiger partial charge on any atom is -0.480 e. The van der Waals surface area contributed by atoms with Crippen molar-refractivity contribution in [3.8, 4) is 28.5 Å². The van der Waals surface area contributed by atoms with Gasteiger partial charge in [-0.2, -0.15) is 5.26 Å². The fraction of sp³-hybridized carbons (Fsp3) is 0.200. The molecule has 0 radical (unpaired) electrons. The maximum absolute atomic E-state index is 13.5. The van der Waals surface area contributed by atoms with Gasteiger partial charge < -0.3 is 10.0 Å². The van der Waals surface area contributed by atoms with Crippen molar-refractivity contribution in [3.05, 3.63) is 72.0 Å². The number of hydrogen-bond donors (Lipinski definition) is 1. The van der Waals surface area contributed by atoms with Crippen molar-refractivity contribution >= 4 is 23.6 Å². The Morgan fingerprint density at radius 2 is 1.88 bits per heavy atom. The highest BCUT2D eigenvalue weighted by Gasteiger charge is 2.33. The number of benzene rings is 2. The summed E-state index contributed by atoms with van der Waals surface area (Å²) in [6.07, 6.45) is 1.08. The molecule has 0 aliphatic carbocycles. The minimum atomic E-state index is -1.01. The zero-order valence-electron chi connectivity index (χ0n) is 17.6. The van der Waals surface area contributed by atoms with Crippen LogP contribution >= 0.6 is 11.8 Å². The van der Waals surface area contributed by atoms with Crippen LogP contribution in [0.25, 0.3) is 22.4 Å². The number of aromatic nitrogens is 1. The van der Waals surface area contributed by atoms with Crippen molar-refractivity contribution < 1.29 is 19.1 Å². The summed E-state index contributed by atoms with van der Waals surface area (Å²) < 4.78 is 13.5. The van der Waals surface area contributed by atoms with Crippen molar-refractivity contribution in [3.63, 3.8) is 0 Å². The van der Waals surface area contributed by atoms with Crippen LogP contribution in [0.5, 0.6) is 0 Å². The van der Waals surface area contributed by atoms with E-state index in [1.165, 1.54) is 17.0 Å². The summed E-state index contributed by atoms with van der Waals surface area (Å²) in [4.78, 5) is 30.2. The van der Waals surface area contributed by atoms with Gasteiger partial charge in [-0.15, -0.1) is 0 Å². The lowest BCUT2D eigenvalue weighted by Gasteiger charge is -2.21. The van der Waals surface area contributed by atoms with E-state index < -0.39 is 12.0 Å². The number of rotatable bonds is 6. The van der Waals surface area contributed by atoms with E-state index in [4.69, 9.17) is 0 Å². The zero-order chi connectivity index (χ0) is 23.4. The third kappa shape index (κ3) is 4.89. The Bertz CT molecular complexity index is 1230. The number of carbonyl (C=O) groups is 2. The summed E-state index contributed by atoms with van der Waals surface area (Å²) in [6.45, 7) is 0.403. The van der Waals surface area contributed by atoms with Crippen molar-refractivity contribution in [2.24, 2.45) is 0 Å². The molecule has 1 atom stereocenters. The zero-order valence-corrected chi connectivity index (χ0v) is 18.4. The summed E-state index contributed by atoms with van der Waals surface area (Å²) in [5, 5.41) is 19.7. The van der Waals surface area contributed by atoms with E-state index in [-0.39, 0.29) is 23.0 Å². The molecule has 6 nitrogen and oxygen atoms in total. The number of amides is 1. The third-order valence-corrected chi connectivity index (χ3v) is 6.47. The van der Waals surface area contributed by atoms with Gasteiger partial charge in [0, 0.05) is 17.7 Å². The molecule has 0 spiro atoms. The lowest BCUT2D eigenvalue weighted by molar-refractivity contribution is -0.147. The Labute approximate surface area is 194 Å². The molecule has 1 amide bonds. The Morgan fingerprint density at radius 3 is 2.55 bits per heavy atom. The second-order valence-corrected chi connectivity index (χ2v) is 8.56. The Balaban J connectivity index is 1.71.